The standard InChI is InChI=1S/C24H32N4O2/c29-15-16-4-6-27(13-16)14-20-21-3-1-2-5-28(21)22(25-20)23(30)26-24-10-17-7-18(11-24)9-19(8-17)12-24/h1-3,5,16-19,29H,4,6-15H2,(H,26,30)/t16-,17?,18?,19?,24?/m0/s1. The van der Waals surface area contributed by atoms with Gasteiger partial charge in [0.25, 0.3) is 5.91 Å². The number of nitrogens with zero attached hydrogens (tertiary/aromatic N) is 3. The number of hydrogen-bond acceptors (Lipinski definition) is 4. The molecule has 5 aliphatic rings. The quantitative estimate of drug-likeness (QED) is 0.798. The molecule has 160 valence electrons. The van der Waals surface area contributed by atoms with Crippen LogP contribution in [0.1, 0.15) is 61.3 Å². The van der Waals surface area contributed by atoms with E-state index in [2.05, 4.69) is 16.3 Å². The summed E-state index contributed by atoms with van der Waals surface area (Å²) < 4.78 is 1.96. The van der Waals surface area contributed by atoms with E-state index in [9.17, 15) is 9.90 Å². The van der Waals surface area contributed by atoms with Crippen molar-refractivity contribution >= 4 is 11.4 Å². The summed E-state index contributed by atoms with van der Waals surface area (Å²) in [6.07, 6.45) is 10.6. The van der Waals surface area contributed by atoms with Gasteiger partial charge in [-0.15, -0.1) is 0 Å². The number of hydrogen-bond donors (Lipinski definition) is 2. The van der Waals surface area contributed by atoms with Crippen molar-refractivity contribution < 1.29 is 9.90 Å². The number of rotatable bonds is 5. The van der Waals surface area contributed by atoms with E-state index >= 15 is 0 Å². The molecule has 6 heteroatoms. The van der Waals surface area contributed by atoms with E-state index < -0.39 is 0 Å². The molecule has 6 nitrogen and oxygen atoms in total. The van der Waals surface area contributed by atoms with Crippen LogP contribution in [0.15, 0.2) is 24.4 Å². The lowest BCUT2D eigenvalue weighted by atomic mass is 9.53. The fraction of sp³-hybridized carbons (Fsp3) is 0.667. The van der Waals surface area contributed by atoms with E-state index in [1.807, 2.05) is 22.7 Å². The van der Waals surface area contributed by atoms with Crippen molar-refractivity contribution in [2.24, 2.45) is 23.7 Å². The predicted octanol–water partition coefficient (Wildman–Crippen LogP) is 2.85. The Hall–Kier alpha value is -1.92. The molecular weight excluding hydrogens is 376 g/mol. The second kappa shape index (κ2) is 7.06. The number of imidazole rings is 1. The third kappa shape index (κ3) is 3.16. The Morgan fingerprint density at radius 1 is 1.17 bits per heavy atom. The summed E-state index contributed by atoms with van der Waals surface area (Å²) in [7, 11) is 0. The minimum atomic E-state index is -0.0148. The molecule has 2 aromatic rings. The number of aromatic nitrogens is 2. The Balaban J connectivity index is 1.26. The first-order chi connectivity index (χ1) is 14.6. The van der Waals surface area contributed by atoms with Crippen LogP contribution in [0, 0.1) is 23.7 Å². The zero-order chi connectivity index (χ0) is 20.3. The molecule has 4 aliphatic carbocycles. The van der Waals surface area contributed by atoms with Gasteiger partial charge in [0.2, 0.25) is 5.82 Å². The summed E-state index contributed by atoms with van der Waals surface area (Å²) in [4.78, 5) is 20.6. The molecule has 4 saturated carbocycles. The van der Waals surface area contributed by atoms with Crippen molar-refractivity contribution in [3.05, 3.63) is 35.9 Å². The summed E-state index contributed by atoms with van der Waals surface area (Å²) >= 11 is 0. The molecule has 0 aromatic carbocycles. The van der Waals surface area contributed by atoms with Crippen LogP contribution < -0.4 is 5.32 Å². The van der Waals surface area contributed by atoms with Crippen LogP contribution in [0.2, 0.25) is 0 Å². The van der Waals surface area contributed by atoms with Gasteiger partial charge in [-0.05, 0) is 87.3 Å². The van der Waals surface area contributed by atoms with E-state index in [-0.39, 0.29) is 18.1 Å². The first-order valence-corrected chi connectivity index (χ1v) is 11.7. The predicted molar refractivity (Wildman–Crippen MR) is 114 cm³/mol. The normalized spacial score (nSPS) is 35.4. The maximum Gasteiger partial charge on any atom is 0.288 e. The molecule has 4 bridgehead atoms. The van der Waals surface area contributed by atoms with Crippen LogP contribution in [0.3, 0.4) is 0 Å². The van der Waals surface area contributed by atoms with Crippen molar-refractivity contribution in [3.63, 3.8) is 0 Å². The molecule has 1 saturated heterocycles. The third-order valence-electron chi connectivity index (χ3n) is 8.25. The highest BCUT2D eigenvalue weighted by Crippen LogP contribution is 2.55. The molecule has 1 aliphatic heterocycles. The van der Waals surface area contributed by atoms with Crippen LogP contribution in [-0.4, -0.2) is 50.5 Å². The first kappa shape index (κ1) is 18.8. The van der Waals surface area contributed by atoms with E-state index in [1.54, 1.807) is 0 Å². The first-order valence-electron chi connectivity index (χ1n) is 11.7. The monoisotopic (exact) mass is 408 g/mol. The van der Waals surface area contributed by atoms with E-state index in [1.165, 1.54) is 19.3 Å². The Morgan fingerprint density at radius 3 is 2.57 bits per heavy atom. The van der Waals surface area contributed by atoms with Gasteiger partial charge in [0, 0.05) is 31.4 Å². The second-order valence-corrected chi connectivity index (χ2v) is 10.6. The molecule has 0 unspecified atom stereocenters. The zero-order valence-electron chi connectivity index (χ0n) is 17.6. The van der Waals surface area contributed by atoms with Crippen LogP contribution in [0.25, 0.3) is 5.52 Å². The van der Waals surface area contributed by atoms with Gasteiger partial charge in [-0.2, -0.15) is 0 Å². The highest BCUT2D eigenvalue weighted by Gasteiger charge is 2.51. The van der Waals surface area contributed by atoms with Gasteiger partial charge >= 0.3 is 0 Å². The van der Waals surface area contributed by atoms with Crippen molar-refractivity contribution in [2.45, 2.75) is 57.0 Å². The SMILES string of the molecule is O=C(NC12CC3CC(CC(C3)C1)C2)c1nc(CN2CC[C@H](CO)C2)c2ccccn12. The summed E-state index contributed by atoms with van der Waals surface area (Å²) in [5, 5.41) is 12.9. The van der Waals surface area contributed by atoms with E-state index in [4.69, 9.17) is 4.98 Å². The fourth-order valence-corrected chi connectivity index (χ4v) is 7.36. The number of carbonyl (C=O) groups excluding carboxylic acids is 1. The molecular formula is C24H32N4O2. The summed E-state index contributed by atoms with van der Waals surface area (Å²) in [5.74, 6) is 3.28. The Bertz CT molecular complexity index is 932. The highest BCUT2D eigenvalue weighted by atomic mass is 16.3. The molecule has 7 rings (SSSR count). The molecule has 5 fully saturated rings. The fourth-order valence-electron chi connectivity index (χ4n) is 7.36. The Kier molecular flexibility index (Phi) is 4.43. The molecule has 1 amide bonds. The number of fused-ring (bicyclic) bond motifs is 1. The van der Waals surface area contributed by atoms with Gasteiger partial charge < -0.3 is 10.4 Å². The number of aliphatic hydroxyl groups is 1. The van der Waals surface area contributed by atoms with Gasteiger partial charge in [-0.25, -0.2) is 4.98 Å². The van der Waals surface area contributed by atoms with Crippen molar-refractivity contribution in [3.8, 4) is 0 Å². The molecule has 0 radical (unpaired) electrons. The topological polar surface area (TPSA) is 69.9 Å². The van der Waals surface area contributed by atoms with Crippen molar-refractivity contribution in [1.82, 2.24) is 19.6 Å². The maximum absolute atomic E-state index is 13.5. The minimum absolute atomic E-state index is 0.00406. The van der Waals surface area contributed by atoms with Crippen LogP contribution in [-0.2, 0) is 6.54 Å². The van der Waals surface area contributed by atoms with E-state index in [0.717, 1.165) is 74.3 Å². The van der Waals surface area contributed by atoms with Gasteiger partial charge in [-0.1, -0.05) is 6.07 Å². The molecule has 1 atom stereocenters. The minimum Gasteiger partial charge on any atom is -0.396 e. The molecule has 0 spiro atoms. The number of amides is 1. The molecule has 30 heavy (non-hydrogen) atoms. The van der Waals surface area contributed by atoms with Crippen LogP contribution in [0.5, 0.6) is 0 Å². The molecule has 2 N–H and O–H groups in total. The van der Waals surface area contributed by atoms with Gasteiger partial charge in [-0.3, -0.25) is 14.1 Å². The molecule has 2 aromatic heterocycles. The van der Waals surface area contributed by atoms with Gasteiger partial charge in [0.15, 0.2) is 0 Å². The summed E-state index contributed by atoms with van der Waals surface area (Å²) in [6.45, 7) is 2.86. The number of nitrogens with one attached hydrogen (secondary N) is 1. The summed E-state index contributed by atoms with van der Waals surface area (Å²) in [5.41, 5.74) is 1.97. The third-order valence-corrected chi connectivity index (χ3v) is 8.25. The number of pyridine rings is 1. The van der Waals surface area contributed by atoms with Crippen molar-refractivity contribution in [2.75, 3.05) is 19.7 Å². The lowest BCUT2D eigenvalue weighted by Crippen LogP contribution is -2.60. The average Bonchev–Trinajstić information content (AvgIpc) is 3.32. The summed E-state index contributed by atoms with van der Waals surface area (Å²) in [6, 6.07) is 6.04. The second-order valence-electron chi connectivity index (χ2n) is 10.6. The van der Waals surface area contributed by atoms with Crippen LogP contribution in [0.4, 0.5) is 0 Å². The zero-order valence-corrected chi connectivity index (χ0v) is 17.6. The number of carbonyl (C=O) groups is 1. The highest BCUT2D eigenvalue weighted by molar-refractivity contribution is 5.92. The average molecular weight is 409 g/mol. The van der Waals surface area contributed by atoms with Crippen molar-refractivity contribution in [1.29, 1.82) is 0 Å². The van der Waals surface area contributed by atoms with E-state index in [0.29, 0.717) is 11.7 Å². The Morgan fingerprint density at radius 2 is 1.90 bits per heavy atom. The largest absolute Gasteiger partial charge is 0.396 e. The number of aliphatic hydroxyl groups excluding tert-OH is 1. The molecule has 3 heterocycles. The van der Waals surface area contributed by atoms with Crippen LogP contribution >= 0.6 is 0 Å². The maximum atomic E-state index is 13.5. The lowest BCUT2D eigenvalue weighted by molar-refractivity contribution is -0.0169. The lowest BCUT2D eigenvalue weighted by Gasteiger charge is -2.56. The Labute approximate surface area is 177 Å². The van der Waals surface area contributed by atoms with Gasteiger partial charge in [0.1, 0.15) is 0 Å². The van der Waals surface area contributed by atoms with Gasteiger partial charge in [0.05, 0.1) is 11.2 Å². The number of likely N-dealkylation sites (tertiary alicyclic amines) is 1. The smallest absolute Gasteiger partial charge is 0.288 e.